The van der Waals surface area contributed by atoms with Crippen LogP contribution in [-0.4, -0.2) is 12.7 Å². The molecule has 0 aromatic heterocycles. The van der Waals surface area contributed by atoms with Crippen LogP contribution in [0.5, 0.6) is 0 Å². The van der Waals surface area contributed by atoms with E-state index >= 15 is 0 Å². The van der Waals surface area contributed by atoms with E-state index in [1.165, 1.54) is 6.42 Å². The van der Waals surface area contributed by atoms with Crippen molar-refractivity contribution in [2.45, 2.75) is 51.0 Å². The molecule has 5 rings (SSSR count). The van der Waals surface area contributed by atoms with Gasteiger partial charge in [0.25, 0.3) is 0 Å². The fraction of sp³-hybridized carbons (Fsp3) is 1.00. The highest BCUT2D eigenvalue weighted by Gasteiger charge is 2.52. The van der Waals surface area contributed by atoms with Crippen molar-refractivity contribution < 1.29 is 4.74 Å². The molecule has 1 heterocycles. The topological polar surface area (TPSA) is 12.5 Å². The van der Waals surface area contributed by atoms with Crippen LogP contribution in [0.25, 0.3) is 0 Å². The van der Waals surface area contributed by atoms with Crippen LogP contribution in [0, 0.1) is 23.2 Å². The van der Waals surface area contributed by atoms with Crippen molar-refractivity contribution in [2.24, 2.45) is 23.2 Å². The summed E-state index contributed by atoms with van der Waals surface area (Å²) in [6.45, 7) is 1.07. The lowest BCUT2D eigenvalue weighted by atomic mass is 9.48. The van der Waals surface area contributed by atoms with Gasteiger partial charge in [-0.1, -0.05) is 0 Å². The van der Waals surface area contributed by atoms with Crippen LogP contribution in [-0.2, 0) is 4.74 Å². The van der Waals surface area contributed by atoms with E-state index in [0.717, 1.165) is 29.8 Å². The maximum Gasteiger partial charge on any atom is 0.0815 e. The fourth-order valence-corrected chi connectivity index (χ4v) is 5.21. The summed E-state index contributed by atoms with van der Waals surface area (Å²) in [6, 6.07) is 0. The van der Waals surface area contributed by atoms with Crippen molar-refractivity contribution in [1.82, 2.24) is 0 Å². The first-order valence-electron chi connectivity index (χ1n) is 6.43. The Kier molecular flexibility index (Phi) is 1.49. The van der Waals surface area contributed by atoms with E-state index in [1.54, 1.807) is 38.5 Å². The molecule has 1 heteroatoms. The van der Waals surface area contributed by atoms with Crippen molar-refractivity contribution in [3.63, 3.8) is 0 Å². The Hall–Kier alpha value is -0.0400. The molecule has 0 radical (unpaired) electrons. The second-order valence-corrected chi connectivity index (χ2v) is 6.58. The molecule has 0 unspecified atom stereocenters. The summed E-state index contributed by atoms with van der Waals surface area (Å²) in [5.74, 6) is 3.33. The summed E-state index contributed by atoms with van der Waals surface area (Å²) in [5, 5.41) is 0. The highest BCUT2D eigenvalue weighted by molar-refractivity contribution is 5.02. The van der Waals surface area contributed by atoms with Crippen molar-refractivity contribution >= 4 is 0 Å². The zero-order valence-corrected chi connectivity index (χ0v) is 8.87. The Morgan fingerprint density at radius 1 is 0.929 bits per heavy atom. The quantitative estimate of drug-likeness (QED) is 0.613. The predicted molar refractivity (Wildman–Crippen MR) is 55.0 cm³/mol. The third-order valence-corrected chi connectivity index (χ3v) is 5.23. The van der Waals surface area contributed by atoms with Gasteiger partial charge in [0.1, 0.15) is 0 Å². The fourth-order valence-electron chi connectivity index (χ4n) is 5.21. The highest BCUT2D eigenvalue weighted by Crippen LogP contribution is 2.62. The molecule has 0 amide bonds. The minimum absolute atomic E-state index is 0.672. The molecule has 5 fully saturated rings. The summed E-state index contributed by atoms with van der Waals surface area (Å²) in [6.07, 6.45) is 11.5. The minimum Gasteiger partial charge on any atom is -0.373 e. The summed E-state index contributed by atoms with van der Waals surface area (Å²) in [5.41, 5.74) is 0.760. The molecule has 1 aliphatic heterocycles. The van der Waals surface area contributed by atoms with E-state index in [9.17, 15) is 0 Å². The molecule has 1 saturated heterocycles. The predicted octanol–water partition coefficient (Wildman–Crippen LogP) is 2.99. The van der Waals surface area contributed by atoms with E-state index in [4.69, 9.17) is 4.74 Å². The van der Waals surface area contributed by atoms with Crippen molar-refractivity contribution in [3.8, 4) is 0 Å². The molecule has 78 valence electrons. The van der Waals surface area contributed by atoms with E-state index in [0.29, 0.717) is 6.10 Å². The van der Waals surface area contributed by atoms with E-state index in [1.807, 2.05) is 0 Å². The van der Waals surface area contributed by atoms with Crippen molar-refractivity contribution in [3.05, 3.63) is 0 Å². The van der Waals surface area contributed by atoms with Gasteiger partial charge in [-0.15, -0.1) is 0 Å². The number of hydrogen-bond donors (Lipinski definition) is 0. The SMILES string of the molecule is C1C2CC3CC1CC(C[C@@H]1CO1)(C2)C3. The van der Waals surface area contributed by atoms with Gasteiger partial charge >= 0.3 is 0 Å². The lowest BCUT2D eigenvalue weighted by molar-refractivity contribution is -0.0603. The molecule has 0 aromatic rings. The molecule has 1 atom stereocenters. The minimum atomic E-state index is 0.672. The number of hydrogen-bond acceptors (Lipinski definition) is 1. The van der Waals surface area contributed by atoms with Crippen LogP contribution in [0.2, 0.25) is 0 Å². The van der Waals surface area contributed by atoms with Crippen LogP contribution >= 0.6 is 0 Å². The maximum atomic E-state index is 5.45. The largest absolute Gasteiger partial charge is 0.373 e. The first-order valence-corrected chi connectivity index (χ1v) is 6.43. The number of rotatable bonds is 2. The Bertz CT molecular complexity index is 213. The van der Waals surface area contributed by atoms with Crippen LogP contribution in [0.3, 0.4) is 0 Å². The molecule has 4 saturated carbocycles. The Morgan fingerprint density at radius 3 is 1.86 bits per heavy atom. The number of epoxide rings is 1. The summed E-state index contributed by atoms with van der Waals surface area (Å²) < 4.78 is 5.45. The Balaban J connectivity index is 1.60. The summed E-state index contributed by atoms with van der Waals surface area (Å²) >= 11 is 0. The van der Waals surface area contributed by atoms with Gasteiger partial charge in [0.05, 0.1) is 12.7 Å². The third kappa shape index (κ3) is 1.18. The lowest BCUT2D eigenvalue weighted by Crippen LogP contribution is -2.46. The smallest absolute Gasteiger partial charge is 0.0815 e. The van der Waals surface area contributed by atoms with Gasteiger partial charge in [0, 0.05) is 0 Å². The zero-order chi connectivity index (χ0) is 9.17. The standard InChI is InChI=1S/C13H20O/c1-9-2-11-3-10(1)5-13(4-9,6-11)7-12-8-14-12/h9-12H,1-8H2/t9?,10?,11?,12-,13?/m1/s1. The molecule has 4 aliphatic carbocycles. The summed E-state index contributed by atoms with van der Waals surface area (Å²) in [4.78, 5) is 0. The lowest BCUT2D eigenvalue weighted by Gasteiger charge is -2.57. The van der Waals surface area contributed by atoms with Gasteiger partial charge in [-0.25, -0.2) is 0 Å². The second-order valence-electron chi connectivity index (χ2n) is 6.58. The van der Waals surface area contributed by atoms with Gasteiger partial charge in [-0.05, 0) is 68.1 Å². The van der Waals surface area contributed by atoms with Gasteiger partial charge in [-0.3, -0.25) is 0 Å². The zero-order valence-electron chi connectivity index (χ0n) is 8.87. The van der Waals surface area contributed by atoms with Crippen LogP contribution in [0.1, 0.15) is 44.9 Å². The average Bonchev–Trinajstić information content (AvgIpc) is 2.84. The maximum absolute atomic E-state index is 5.45. The van der Waals surface area contributed by atoms with Crippen LogP contribution in [0.4, 0.5) is 0 Å². The molecular weight excluding hydrogens is 172 g/mol. The van der Waals surface area contributed by atoms with Gasteiger partial charge in [-0.2, -0.15) is 0 Å². The molecule has 5 aliphatic rings. The molecule has 0 spiro atoms. The third-order valence-electron chi connectivity index (χ3n) is 5.23. The van der Waals surface area contributed by atoms with Crippen molar-refractivity contribution in [1.29, 1.82) is 0 Å². The molecule has 0 N–H and O–H groups in total. The van der Waals surface area contributed by atoms with Crippen molar-refractivity contribution in [2.75, 3.05) is 6.61 Å². The van der Waals surface area contributed by atoms with E-state index in [2.05, 4.69) is 0 Å². The van der Waals surface area contributed by atoms with E-state index < -0.39 is 0 Å². The average molecular weight is 192 g/mol. The molecule has 4 bridgehead atoms. The number of ether oxygens (including phenoxy) is 1. The normalized spacial score (nSPS) is 59.1. The molecule has 14 heavy (non-hydrogen) atoms. The molecule has 1 nitrogen and oxygen atoms in total. The van der Waals surface area contributed by atoms with Crippen LogP contribution in [0.15, 0.2) is 0 Å². The molecule has 0 aromatic carbocycles. The first-order chi connectivity index (χ1) is 6.81. The molecular formula is C13H20O. The Labute approximate surface area is 86.2 Å². The highest BCUT2D eigenvalue weighted by atomic mass is 16.6. The monoisotopic (exact) mass is 192 g/mol. The van der Waals surface area contributed by atoms with Crippen LogP contribution < -0.4 is 0 Å². The second kappa shape index (κ2) is 2.55. The Morgan fingerprint density at radius 2 is 1.43 bits per heavy atom. The van der Waals surface area contributed by atoms with Gasteiger partial charge in [0.15, 0.2) is 0 Å². The van der Waals surface area contributed by atoms with Gasteiger partial charge < -0.3 is 4.74 Å². The summed E-state index contributed by atoms with van der Waals surface area (Å²) in [7, 11) is 0. The van der Waals surface area contributed by atoms with E-state index in [-0.39, 0.29) is 0 Å². The first kappa shape index (κ1) is 8.15. The van der Waals surface area contributed by atoms with Gasteiger partial charge in [0.2, 0.25) is 0 Å².